The van der Waals surface area contributed by atoms with Crippen LogP contribution in [-0.2, 0) is 0 Å². The van der Waals surface area contributed by atoms with E-state index in [9.17, 15) is 9.90 Å². The number of aliphatic hydroxyl groups is 1. The number of aliphatic hydroxyl groups excluding tert-OH is 1. The lowest BCUT2D eigenvalue weighted by atomic mass is 9.76. The van der Waals surface area contributed by atoms with E-state index in [2.05, 4.69) is 10.3 Å². The minimum absolute atomic E-state index is 0.157. The summed E-state index contributed by atoms with van der Waals surface area (Å²) in [5, 5.41) is 13.1. The number of hydrogen-bond donors (Lipinski definition) is 2. The van der Waals surface area contributed by atoms with Crippen LogP contribution in [-0.4, -0.2) is 29.2 Å². The molecule has 5 nitrogen and oxygen atoms in total. The Bertz CT molecular complexity index is 717. The highest BCUT2D eigenvalue weighted by atomic mass is 35.5. The fourth-order valence-corrected chi connectivity index (χ4v) is 3.14. The van der Waals surface area contributed by atoms with Gasteiger partial charge in [-0.2, -0.15) is 0 Å². The molecule has 0 bridgehead atoms. The number of carbonyl (C=O) groups is 1. The van der Waals surface area contributed by atoms with E-state index in [1.54, 1.807) is 24.4 Å². The highest BCUT2D eigenvalue weighted by molar-refractivity contribution is 6.31. The van der Waals surface area contributed by atoms with Crippen molar-refractivity contribution in [1.29, 1.82) is 0 Å². The van der Waals surface area contributed by atoms with Crippen LogP contribution >= 0.6 is 11.6 Å². The molecule has 126 valence electrons. The van der Waals surface area contributed by atoms with E-state index >= 15 is 0 Å². The Kier molecular flexibility index (Phi) is 5.02. The van der Waals surface area contributed by atoms with Gasteiger partial charge in [-0.05, 0) is 49.1 Å². The number of benzene rings is 1. The maximum atomic E-state index is 12.7. The molecule has 0 unspecified atom stereocenters. The number of halogens is 1. The van der Waals surface area contributed by atoms with Crippen LogP contribution in [0.25, 0.3) is 0 Å². The molecule has 1 heterocycles. The van der Waals surface area contributed by atoms with E-state index in [0.717, 1.165) is 5.69 Å². The number of amides is 1. The summed E-state index contributed by atoms with van der Waals surface area (Å²) in [6, 6.07) is 10.3. The lowest BCUT2D eigenvalue weighted by molar-refractivity contribution is 0.0228. The predicted octanol–water partition coefficient (Wildman–Crippen LogP) is 2.99. The van der Waals surface area contributed by atoms with Crippen molar-refractivity contribution in [3.05, 3.63) is 58.9 Å². The minimum atomic E-state index is -0.307. The number of methoxy groups -OCH3 is 1. The first kappa shape index (κ1) is 16.7. The van der Waals surface area contributed by atoms with Gasteiger partial charge in [-0.1, -0.05) is 17.7 Å². The molecule has 2 N–H and O–H groups in total. The highest BCUT2D eigenvalue weighted by Crippen LogP contribution is 2.37. The van der Waals surface area contributed by atoms with E-state index < -0.39 is 0 Å². The zero-order valence-electron chi connectivity index (χ0n) is 13.3. The molecule has 1 aliphatic rings. The highest BCUT2D eigenvalue weighted by Gasteiger charge is 2.36. The molecule has 1 fully saturated rings. The largest absolute Gasteiger partial charge is 0.496 e. The molecule has 1 aromatic carbocycles. The molecule has 3 rings (SSSR count). The molecule has 0 spiro atoms. The lowest BCUT2D eigenvalue weighted by Gasteiger charge is -2.37. The Morgan fingerprint density at radius 3 is 2.79 bits per heavy atom. The number of nitrogens with one attached hydrogen (secondary N) is 1. The van der Waals surface area contributed by atoms with Crippen molar-refractivity contribution in [2.24, 2.45) is 5.92 Å². The average Bonchev–Trinajstić information content (AvgIpc) is 2.57. The van der Waals surface area contributed by atoms with Gasteiger partial charge in [-0.15, -0.1) is 0 Å². The molecule has 0 radical (unpaired) electrons. The van der Waals surface area contributed by atoms with Crippen LogP contribution in [0.15, 0.2) is 42.6 Å². The van der Waals surface area contributed by atoms with Crippen LogP contribution in [0.1, 0.15) is 34.9 Å². The second-order valence-electron chi connectivity index (χ2n) is 5.94. The molecule has 24 heavy (non-hydrogen) atoms. The van der Waals surface area contributed by atoms with Crippen LogP contribution in [0.5, 0.6) is 5.75 Å². The van der Waals surface area contributed by atoms with E-state index in [1.165, 1.54) is 7.11 Å². The molecule has 1 saturated carbocycles. The Morgan fingerprint density at radius 1 is 1.38 bits per heavy atom. The monoisotopic (exact) mass is 346 g/mol. The van der Waals surface area contributed by atoms with Crippen LogP contribution < -0.4 is 10.1 Å². The zero-order valence-corrected chi connectivity index (χ0v) is 14.0. The molecule has 1 amide bonds. The molecular weight excluding hydrogens is 328 g/mol. The summed E-state index contributed by atoms with van der Waals surface area (Å²) in [6.07, 6.45) is 2.69. The number of aromatic nitrogens is 1. The van der Waals surface area contributed by atoms with Crippen molar-refractivity contribution < 1.29 is 14.6 Å². The molecule has 1 atom stereocenters. The van der Waals surface area contributed by atoms with Gasteiger partial charge in [0.15, 0.2) is 0 Å². The van der Waals surface area contributed by atoms with Gasteiger partial charge in [-0.25, -0.2) is 0 Å². The summed E-state index contributed by atoms with van der Waals surface area (Å²) < 4.78 is 5.25. The second kappa shape index (κ2) is 7.20. The van der Waals surface area contributed by atoms with Crippen molar-refractivity contribution in [3.63, 3.8) is 0 Å². The van der Waals surface area contributed by atoms with Crippen LogP contribution in [0.3, 0.4) is 0 Å². The van der Waals surface area contributed by atoms with Gasteiger partial charge in [0.05, 0.1) is 30.5 Å². The summed E-state index contributed by atoms with van der Waals surface area (Å²) in [7, 11) is 1.51. The van der Waals surface area contributed by atoms with E-state index in [0.29, 0.717) is 29.2 Å². The van der Waals surface area contributed by atoms with Crippen molar-refractivity contribution in [1.82, 2.24) is 10.3 Å². The van der Waals surface area contributed by atoms with Gasteiger partial charge in [0, 0.05) is 11.2 Å². The third-order valence-electron chi connectivity index (χ3n) is 4.32. The Labute approximate surface area is 145 Å². The predicted molar refractivity (Wildman–Crippen MR) is 91.2 cm³/mol. The summed E-state index contributed by atoms with van der Waals surface area (Å²) >= 11 is 6.01. The van der Waals surface area contributed by atoms with E-state index in [4.69, 9.17) is 16.3 Å². The normalized spacial score (nSPS) is 20.8. The summed E-state index contributed by atoms with van der Waals surface area (Å²) in [4.78, 5) is 17.1. The third kappa shape index (κ3) is 3.52. The maximum Gasteiger partial charge on any atom is 0.255 e. The Balaban J connectivity index is 1.85. The van der Waals surface area contributed by atoms with Gasteiger partial charge < -0.3 is 15.2 Å². The first-order valence-corrected chi connectivity index (χ1v) is 8.19. The van der Waals surface area contributed by atoms with Crippen molar-refractivity contribution >= 4 is 17.5 Å². The van der Waals surface area contributed by atoms with Crippen molar-refractivity contribution in [2.75, 3.05) is 7.11 Å². The molecular formula is C18H19ClN2O3. The molecule has 2 aromatic rings. The Hall–Kier alpha value is -2.11. The molecule has 6 heteroatoms. The first-order valence-electron chi connectivity index (χ1n) is 7.82. The lowest BCUT2D eigenvalue weighted by Crippen LogP contribution is -2.41. The number of rotatable bonds is 5. The Morgan fingerprint density at radius 2 is 2.17 bits per heavy atom. The smallest absolute Gasteiger partial charge is 0.255 e. The molecule has 0 aliphatic heterocycles. The molecule has 0 saturated heterocycles. The summed E-state index contributed by atoms with van der Waals surface area (Å²) in [6.45, 7) is 0. The number of ether oxygens (including phenoxy) is 1. The van der Waals surface area contributed by atoms with Crippen molar-refractivity contribution in [3.8, 4) is 5.75 Å². The number of carbonyl (C=O) groups excluding carboxylic acids is 1. The van der Waals surface area contributed by atoms with Gasteiger partial charge in [0.25, 0.3) is 5.91 Å². The van der Waals surface area contributed by atoms with Crippen molar-refractivity contribution in [2.45, 2.75) is 25.0 Å². The maximum absolute atomic E-state index is 12.7. The fourth-order valence-electron chi connectivity index (χ4n) is 2.97. The summed E-state index contributed by atoms with van der Waals surface area (Å²) in [5.41, 5.74) is 1.16. The standard InChI is InChI=1S/C18H19ClN2O3/c1-24-16-6-5-12(19)10-14(16)18(23)21-17(11-8-13(22)9-11)15-4-2-3-7-20-15/h2-7,10-11,13,17,22H,8-9H2,1H3,(H,21,23)/t11?,13?,17-/m1/s1. The van der Waals surface area contributed by atoms with Crippen LogP contribution in [0.4, 0.5) is 0 Å². The number of pyridine rings is 1. The quantitative estimate of drug-likeness (QED) is 0.873. The first-order chi connectivity index (χ1) is 11.6. The summed E-state index contributed by atoms with van der Waals surface area (Å²) in [5.74, 6) is 0.348. The van der Waals surface area contributed by atoms with Crippen LogP contribution in [0, 0.1) is 5.92 Å². The third-order valence-corrected chi connectivity index (χ3v) is 4.56. The number of nitrogens with zero attached hydrogens (tertiary/aromatic N) is 1. The SMILES string of the molecule is COc1ccc(Cl)cc1C(=O)N[C@@H](c1ccccn1)C1CC(O)C1. The van der Waals surface area contributed by atoms with Gasteiger partial charge in [-0.3, -0.25) is 9.78 Å². The van der Waals surface area contributed by atoms with Gasteiger partial charge in [0.1, 0.15) is 5.75 Å². The fraction of sp³-hybridized carbons (Fsp3) is 0.333. The molecule has 1 aromatic heterocycles. The minimum Gasteiger partial charge on any atom is -0.496 e. The van der Waals surface area contributed by atoms with Gasteiger partial charge in [0.2, 0.25) is 0 Å². The second-order valence-corrected chi connectivity index (χ2v) is 6.37. The zero-order chi connectivity index (χ0) is 17.1. The number of hydrogen-bond acceptors (Lipinski definition) is 4. The molecule has 1 aliphatic carbocycles. The average molecular weight is 347 g/mol. The van der Waals surface area contributed by atoms with Crippen LogP contribution in [0.2, 0.25) is 5.02 Å². The van der Waals surface area contributed by atoms with E-state index in [-0.39, 0.29) is 24.0 Å². The van der Waals surface area contributed by atoms with E-state index in [1.807, 2.05) is 18.2 Å². The topological polar surface area (TPSA) is 71.5 Å². The van der Waals surface area contributed by atoms with Gasteiger partial charge >= 0.3 is 0 Å².